The van der Waals surface area contributed by atoms with Crippen molar-refractivity contribution in [3.63, 3.8) is 0 Å². The fourth-order valence-corrected chi connectivity index (χ4v) is 6.20. The average molecular weight is 559 g/mol. The third-order valence-corrected chi connectivity index (χ3v) is 8.61. The Morgan fingerprint density at radius 1 is 1.20 bits per heavy atom. The Balaban J connectivity index is 1.45. The molecule has 2 bridgehead atoms. The highest BCUT2D eigenvalue weighted by Gasteiger charge is 2.59. The van der Waals surface area contributed by atoms with Crippen molar-refractivity contribution in [3.8, 4) is 0 Å². The van der Waals surface area contributed by atoms with E-state index >= 15 is 0 Å². The molecule has 0 aliphatic heterocycles. The number of nitrogens with zero attached hydrogens (tertiary/aromatic N) is 4. The van der Waals surface area contributed by atoms with Crippen LogP contribution in [0.25, 0.3) is 21.7 Å². The van der Waals surface area contributed by atoms with Crippen LogP contribution in [0.1, 0.15) is 44.7 Å². The Hall–Kier alpha value is -3.82. The SMILES string of the molecule is CC(C)CNc1ncnc2c(Cl)cc(NC(/C(N)=C/N(N)C34CC(C3)C4)c3cccc4c(=O)n(C)ccc34)cc12. The summed E-state index contributed by atoms with van der Waals surface area (Å²) in [7, 11) is 1.75. The van der Waals surface area contributed by atoms with E-state index in [0.717, 1.165) is 59.6 Å². The maximum atomic E-state index is 13.0. The number of pyridine rings is 1. The molecule has 7 rings (SSSR count). The first kappa shape index (κ1) is 26.4. The lowest BCUT2D eigenvalue weighted by Gasteiger charge is -2.65. The largest absolute Gasteiger partial charge is 0.399 e. The highest BCUT2D eigenvalue weighted by atomic mass is 35.5. The van der Waals surface area contributed by atoms with Gasteiger partial charge in [-0.05, 0) is 66.3 Å². The van der Waals surface area contributed by atoms with Crippen LogP contribution < -0.4 is 27.8 Å². The van der Waals surface area contributed by atoms with Crippen LogP contribution in [0.5, 0.6) is 0 Å². The number of halogens is 1. The lowest BCUT2D eigenvalue weighted by Crippen LogP contribution is -2.68. The number of hydrogen-bond donors (Lipinski definition) is 4. The molecule has 1 unspecified atom stereocenters. The first-order valence-electron chi connectivity index (χ1n) is 13.7. The first-order valence-corrected chi connectivity index (χ1v) is 14.1. The molecule has 10 heteroatoms. The summed E-state index contributed by atoms with van der Waals surface area (Å²) >= 11 is 6.74. The molecule has 2 aromatic heterocycles. The van der Waals surface area contributed by atoms with Gasteiger partial charge in [-0.2, -0.15) is 0 Å². The lowest BCUT2D eigenvalue weighted by molar-refractivity contribution is -0.124. The van der Waals surface area contributed by atoms with E-state index in [1.807, 2.05) is 42.6 Å². The summed E-state index contributed by atoms with van der Waals surface area (Å²) in [4.78, 5) is 21.9. The molecule has 0 radical (unpaired) electrons. The van der Waals surface area contributed by atoms with E-state index in [1.54, 1.807) is 22.8 Å². The van der Waals surface area contributed by atoms with Gasteiger partial charge in [0.2, 0.25) is 0 Å². The minimum absolute atomic E-state index is 0.00904. The Labute approximate surface area is 238 Å². The van der Waals surface area contributed by atoms with Crippen molar-refractivity contribution in [2.24, 2.45) is 30.5 Å². The molecule has 2 heterocycles. The molecule has 3 saturated carbocycles. The van der Waals surface area contributed by atoms with Crippen LogP contribution in [0, 0.1) is 11.8 Å². The van der Waals surface area contributed by atoms with Gasteiger partial charge in [-0.15, -0.1) is 0 Å². The highest BCUT2D eigenvalue weighted by Crippen LogP contribution is 2.59. The number of hydrogen-bond acceptors (Lipinski definition) is 8. The van der Waals surface area contributed by atoms with Crippen molar-refractivity contribution in [1.82, 2.24) is 19.5 Å². The molecule has 208 valence electrons. The second kappa shape index (κ2) is 9.98. The van der Waals surface area contributed by atoms with Gasteiger partial charge in [-0.3, -0.25) is 4.79 Å². The molecule has 6 N–H and O–H groups in total. The molecule has 1 atom stereocenters. The predicted molar refractivity (Wildman–Crippen MR) is 162 cm³/mol. The molecule has 0 saturated heterocycles. The molecule has 0 spiro atoms. The minimum atomic E-state index is -0.487. The topological polar surface area (TPSA) is 127 Å². The van der Waals surface area contributed by atoms with Crippen molar-refractivity contribution in [3.05, 3.63) is 81.8 Å². The third kappa shape index (κ3) is 4.53. The molecule has 0 amide bonds. The highest BCUT2D eigenvalue weighted by molar-refractivity contribution is 6.35. The van der Waals surface area contributed by atoms with E-state index in [4.69, 9.17) is 23.2 Å². The number of aryl methyl sites for hydroxylation is 1. The zero-order valence-corrected chi connectivity index (χ0v) is 23.7. The van der Waals surface area contributed by atoms with Crippen molar-refractivity contribution < 1.29 is 0 Å². The van der Waals surface area contributed by atoms with E-state index in [0.29, 0.717) is 27.5 Å². The smallest absolute Gasteiger partial charge is 0.258 e. The molecule has 3 fully saturated rings. The molecule has 40 heavy (non-hydrogen) atoms. The minimum Gasteiger partial charge on any atom is -0.399 e. The van der Waals surface area contributed by atoms with Crippen molar-refractivity contribution in [2.45, 2.75) is 44.7 Å². The molecule has 9 nitrogen and oxygen atoms in total. The summed E-state index contributed by atoms with van der Waals surface area (Å²) in [5.41, 5.74) is 9.60. The van der Waals surface area contributed by atoms with Gasteiger partial charge in [0.25, 0.3) is 5.56 Å². The Bertz CT molecular complexity index is 1680. The molecule has 3 aliphatic rings. The van der Waals surface area contributed by atoms with E-state index in [2.05, 4.69) is 34.4 Å². The molecule has 4 aromatic rings. The molecular formula is C30H35ClN8O. The number of benzene rings is 2. The second-order valence-electron chi connectivity index (χ2n) is 11.7. The number of hydrazine groups is 1. The van der Waals surface area contributed by atoms with Crippen LogP contribution in [0.2, 0.25) is 5.02 Å². The lowest BCUT2D eigenvalue weighted by atomic mass is 9.49. The van der Waals surface area contributed by atoms with E-state index < -0.39 is 6.04 Å². The van der Waals surface area contributed by atoms with Gasteiger partial charge in [0.1, 0.15) is 12.1 Å². The fourth-order valence-electron chi connectivity index (χ4n) is 5.93. The summed E-state index contributed by atoms with van der Waals surface area (Å²) in [5, 5.41) is 11.5. The quantitative estimate of drug-likeness (QED) is 0.169. The number of nitrogens with two attached hydrogens (primary N) is 2. The molecular weight excluding hydrogens is 524 g/mol. The summed E-state index contributed by atoms with van der Waals surface area (Å²) in [6.45, 7) is 5.04. The summed E-state index contributed by atoms with van der Waals surface area (Å²) < 4.78 is 1.58. The Morgan fingerprint density at radius 3 is 2.67 bits per heavy atom. The summed E-state index contributed by atoms with van der Waals surface area (Å²) in [5.74, 6) is 8.48. The van der Waals surface area contributed by atoms with Crippen molar-refractivity contribution >= 4 is 44.8 Å². The van der Waals surface area contributed by atoms with E-state index in [-0.39, 0.29) is 11.1 Å². The average Bonchev–Trinajstić information content (AvgIpc) is 2.86. The Kier molecular flexibility index (Phi) is 6.59. The normalized spacial score (nSPS) is 20.8. The van der Waals surface area contributed by atoms with E-state index in [9.17, 15) is 4.79 Å². The van der Waals surface area contributed by atoms with Crippen LogP contribution in [0.15, 0.2) is 65.6 Å². The number of aromatic nitrogens is 3. The summed E-state index contributed by atoms with van der Waals surface area (Å²) in [6, 6.07) is 11.0. The maximum Gasteiger partial charge on any atom is 0.258 e. The van der Waals surface area contributed by atoms with Crippen molar-refractivity contribution in [2.75, 3.05) is 17.2 Å². The molecule has 2 aromatic carbocycles. The predicted octanol–water partition coefficient (Wildman–Crippen LogP) is 4.88. The van der Waals surface area contributed by atoms with Crippen LogP contribution in [-0.2, 0) is 7.05 Å². The Morgan fingerprint density at radius 2 is 1.98 bits per heavy atom. The van der Waals surface area contributed by atoms with Gasteiger partial charge < -0.3 is 25.9 Å². The number of anilines is 2. The van der Waals surface area contributed by atoms with Crippen LogP contribution in [0.4, 0.5) is 11.5 Å². The first-order chi connectivity index (χ1) is 19.1. The van der Waals surface area contributed by atoms with Gasteiger partial charge in [-0.1, -0.05) is 37.6 Å². The second-order valence-corrected chi connectivity index (χ2v) is 12.1. The number of fused-ring (bicyclic) bond motifs is 2. The van der Waals surface area contributed by atoms with E-state index in [1.165, 1.54) is 6.33 Å². The zero-order valence-electron chi connectivity index (χ0n) is 23.0. The zero-order chi connectivity index (χ0) is 28.2. The number of nitrogens with one attached hydrogen (secondary N) is 2. The van der Waals surface area contributed by atoms with Gasteiger partial charge in [0, 0.05) is 42.4 Å². The van der Waals surface area contributed by atoms with Gasteiger partial charge in [-0.25, -0.2) is 15.8 Å². The van der Waals surface area contributed by atoms with Crippen LogP contribution >= 0.6 is 11.6 Å². The summed E-state index contributed by atoms with van der Waals surface area (Å²) in [6.07, 6.45) is 8.44. The molecule has 3 aliphatic carbocycles. The van der Waals surface area contributed by atoms with Crippen LogP contribution in [0.3, 0.4) is 0 Å². The van der Waals surface area contributed by atoms with Gasteiger partial charge in [0.15, 0.2) is 0 Å². The van der Waals surface area contributed by atoms with Gasteiger partial charge in [0.05, 0.1) is 27.8 Å². The third-order valence-electron chi connectivity index (χ3n) is 8.32. The van der Waals surface area contributed by atoms with Gasteiger partial charge >= 0.3 is 0 Å². The van der Waals surface area contributed by atoms with Crippen LogP contribution in [-0.4, -0.2) is 31.6 Å². The monoisotopic (exact) mass is 558 g/mol. The maximum absolute atomic E-state index is 13.0. The fraction of sp³-hybridized carbons (Fsp3) is 0.367. The number of rotatable bonds is 9. The van der Waals surface area contributed by atoms with Crippen molar-refractivity contribution in [1.29, 1.82) is 0 Å². The standard InChI is InChI=1S/C30H35ClN8O/c1-17(2)14-34-28-23-9-19(10-24(31)26(23)35-16-36-28)37-27(25(32)15-39(33)30-11-18(12-30)13-30)21-5-4-6-22-20(21)7-8-38(3)29(22)40/h4-10,15-18,27,37H,11-14,32-33H2,1-3H3,(H,34,35,36)/b25-15-.